The predicted molar refractivity (Wildman–Crippen MR) is 121 cm³/mol. The van der Waals surface area contributed by atoms with Crippen LogP contribution in [0.4, 0.5) is 0 Å². The third kappa shape index (κ3) is 3.95. The van der Waals surface area contributed by atoms with Crippen molar-refractivity contribution in [2.24, 2.45) is 5.92 Å². The fourth-order valence-corrected chi connectivity index (χ4v) is 4.99. The van der Waals surface area contributed by atoms with Crippen LogP contribution < -0.4 is 14.2 Å². The van der Waals surface area contributed by atoms with Crippen LogP contribution in [0, 0.1) is 12.8 Å². The minimum atomic E-state index is -0.214. The van der Waals surface area contributed by atoms with E-state index in [4.69, 9.17) is 18.9 Å². The van der Waals surface area contributed by atoms with E-state index in [9.17, 15) is 9.59 Å². The van der Waals surface area contributed by atoms with Crippen LogP contribution in [0.1, 0.15) is 59.2 Å². The highest BCUT2D eigenvalue weighted by molar-refractivity contribution is 9.10. The zero-order chi connectivity index (χ0) is 22.2. The van der Waals surface area contributed by atoms with E-state index in [2.05, 4.69) is 15.9 Å². The molecule has 0 spiro atoms. The molecule has 0 N–H and O–H groups in total. The van der Waals surface area contributed by atoms with Crippen molar-refractivity contribution in [3.63, 3.8) is 0 Å². The molecule has 0 amide bonds. The summed E-state index contributed by atoms with van der Waals surface area (Å²) in [6, 6.07) is 7.15. The number of esters is 1. The quantitative estimate of drug-likeness (QED) is 0.306. The van der Waals surface area contributed by atoms with Crippen LogP contribution in [-0.2, 0) is 16.1 Å². The molecule has 0 saturated heterocycles. The highest BCUT2D eigenvalue weighted by Gasteiger charge is 2.32. The van der Waals surface area contributed by atoms with Gasteiger partial charge in [-0.25, -0.2) is 0 Å². The van der Waals surface area contributed by atoms with Crippen LogP contribution in [0.2, 0.25) is 0 Å². The van der Waals surface area contributed by atoms with Gasteiger partial charge in [-0.1, -0.05) is 35.2 Å². The number of carbonyl (C=O) groups is 2. The van der Waals surface area contributed by atoms with Crippen molar-refractivity contribution >= 4 is 33.8 Å². The molecular formula is C25H23BrO6. The van der Waals surface area contributed by atoms with Crippen molar-refractivity contribution in [3.8, 4) is 17.2 Å². The van der Waals surface area contributed by atoms with Crippen molar-refractivity contribution in [1.29, 1.82) is 0 Å². The van der Waals surface area contributed by atoms with Gasteiger partial charge in [0.05, 0.1) is 18.1 Å². The number of rotatable bonds is 3. The Balaban J connectivity index is 1.42. The highest BCUT2D eigenvalue weighted by Crippen LogP contribution is 2.41. The molecule has 0 aromatic heterocycles. The third-order valence-electron chi connectivity index (χ3n) is 6.18. The van der Waals surface area contributed by atoms with E-state index >= 15 is 0 Å². The zero-order valence-corrected chi connectivity index (χ0v) is 19.3. The molecule has 1 saturated carbocycles. The second-order valence-corrected chi connectivity index (χ2v) is 9.27. The Bertz CT molecular complexity index is 1130. The van der Waals surface area contributed by atoms with Gasteiger partial charge in [0.15, 0.2) is 12.6 Å². The van der Waals surface area contributed by atoms with Crippen LogP contribution >= 0.6 is 15.9 Å². The maximum Gasteiger partial charge on any atom is 0.314 e. The summed E-state index contributed by atoms with van der Waals surface area (Å²) in [7, 11) is 0. The molecule has 5 rings (SSSR count). The van der Waals surface area contributed by atoms with E-state index in [1.165, 1.54) is 6.42 Å². The smallest absolute Gasteiger partial charge is 0.314 e. The number of carbonyl (C=O) groups excluding carboxylic acids is 2. The highest BCUT2D eigenvalue weighted by atomic mass is 79.9. The SMILES string of the molecule is Cc1c(OC(=O)C2CCCCC2)ccc2c1O/C(=C\c1cc(Br)cc3c1OCOC3)C2=O. The Kier molecular flexibility index (Phi) is 5.78. The average molecular weight is 499 g/mol. The first-order valence-electron chi connectivity index (χ1n) is 10.8. The van der Waals surface area contributed by atoms with Crippen molar-refractivity contribution in [2.45, 2.75) is 45.6 Å². The van der Waals surface area contributed by atoms with Crippen molar-refractivity contribution < 1.29 is 28.5 Å². The minimum absolute atomic E-state index is 0.0545. The molecule has 0 radical (unpaired) electrons. The second kappa shape index (κ2) is 8.71. The molecule has 6 nitrogen and oxygen atoms in total. The molecule has 2 heterocycles. The van der Waals surface area contributed by atoms with Crippen molar-refractivity contribution in [1.82, 2.24) is 0 Å². The van der Waals surface area contributed by atoms with E-state index in [1.54, 1.807) is 25.1 Å². The molecule has 2 aromatic rings. The minimum Gasteiger partial charge on any atom is -0.467 e. The standard InChI is InChI=1S/C25H23BrO6/c1-14-20(32-25(28)15-5-3-2-4-6-15)8-7-19-22(27)21(31-23(14)19)11-16-9-18(26)10-17-12-29-13-30-24(16)17/h7-11,15H,2-6,12-13H2,1H3/b21-11-. The third-order valence-corrected chi connectivity index (χ3v) is 6.63. The van der Waals surface area contributed by atoms with Crippen LogP contribution in [0.3, 0.4) is 0 Å². The lowest BCUT2D eigenvalue weighted by atomic mass is 9.89. The summed E-state index contributed by atoms with van der Waals surface area (Å²) in [6.45, 7) is 2.41. The van der Waals surface area contributed by atoms with Gasteiger partial charge in [-0.3, -0.25) is 9.59 Å². The van der Waals surface area contributed by atoms with E-state index in [0.29, 0.717) is 35.0 Å². The van der Waals surface area contributed by atoms with Crippen molar-refractivity contribution in [2.75, 3.05) is 6.79 Å². The summed E-state index contributed by atoms with van der Waals surface area (Å²) in [5, 5.41) is 0. The van der Waals surface area contributed by atoms with Gasteiger partial charge in [0.25, 0.3) is 0 Å². The lowest BCUT2D eigenvalue weighted by Crippen LogP contribution is -2.23. The first kappa shape index (κ1) is 21.2. The Morgan fingerprint density at radius 1 is 1.16 bits per heavy atom. The summed E-state index contributed by atoms with van der Waals surface area (Å²) >= 11 is 3.50. The number of ketones is 1. The van der Waals surface area contributed by atoms with E-state index in [1.807, 2.05) is 12.1 Å². The van der Waals surface area contributed by atoms with Crippen LogP contribution in [0.25, 0.3) is 6.08 Å². The summed E-state index contributed by atoms with van der Waals surface area (Å²) < 4.78 is 23.5. The van der Waals surface area contributed by atoms with Crippen LogP contribution in [-0.4, -0.2) is 18.5 Å². The zero-order valence-electron chi connectivity index (χ0n) is 17.7. The normalized spacial score (nSPS) is 19.2. The molecule has 1 fully saturated rings. The summed E-state index contributed by atoms with van der Waals surface area (Å²) in [5.41, 5.74) is 2.73. The number of allylic oxidation sites excluding steroid dienone is 1. The number of Topliss-reactive ketones (excluding diaryl/α,β-unsaturated/α-hetero) is 1. The average Bonchev–Trinajstić information content (AvgIpc) is 3.12. The number of hydrogen-bond acceptors (Lipinski definition) is 6. The molecule has 0 atom stereocenters. The number of ether oxygens (including phenoxy) is 4. The maximum absolute atomic E-state index is 13.0. The molecule has 0 bridgehead atoms. The maximum atomic E-state index is 13.0. The molecule has 2 aromatic carbocycles. The van der Waals surface area contributed by atoms with E-state index in [-0.39, 0.29) is 30.2 Å². The van der Waals surface area contributed by atoms with E-state index < -0.39 is 0 Å². The Morgan fingerprint density at radius 2 is 1.97 bits per heavy atom. The molecule has 3 aliphatic rings. The number of benzene rings is 2. The Morgan fingerprint density at radius 3 is 2.78 bits per heavy atom. The van der Waals surface area contributed by atoms with Gasteiger partial charge in [0.2, 0.25) is 5.78 Å². The molecule has 0 unspecified atom stereocenters. The van der Waals surface area contributed by atoms with Gasteiger partial charge in [0.1, 0.15) is 17.2 Å². The van der Waals surface area contributed by atoms with Crippen molar-refractivity contribution in [3.05, 3.63) is 56.8 Å². The van der Waals surface area contributed by atoms with Gasteiger partial charge < -0.3 is 18.9 Å². The fourth-order valence-electron chi connectivity index (χ4n) is 4.47. The van der Waals surface area contributed by atoms with Gasteiger partial charge in [-0.05, 0) is 50.1 Å². The summed E-state index contributed by atoms with van der Waals surface area (Å²) in [5.74, 6) is 1.28. The predicted octanol–water partition coefficient (Wildman–Crippen LogP) is 5.73. The molecule has 7 heteroatoms. The lowest BCUT2D eigenvalue weighted by molar-refractivity contribution is -0.140. The van der Waals surface area contributed by atoms with Crippen LogP contribution in [0.15, 0.2) is 34.5 Å². The number of halogens is 1. The topological polar surface area (TPSA) is 71.1 Å². The van der Waals surface area contributed by atoms with Crippen LogP contribution in [0.5, 0.6) is 17.2 Å². The molecule has 2 aliphatic heterocycles. The fraction of sp³-hybridized carbons (Fsp3) is 0.360. The first-order chi connectivity index (χ1) is 15.5. The number of fused-ring (bicyclic) bond motifs is 2. The summed E-state index contributed by atoms with van der Waals surface area (Å²) in [4.78, 5) is 25.6. The van der Waals surface area contributed by atoms with Gasteiger partial charge in [0, 0.05) is 21.2 Å². The van der Waals surface area contributed by atoms with Gasteiger partial charge in [-0.2, -0.15) is 0 Å². The molecule has 32 heavy (non-hydrogen) atoms. The Labute approximate surface area is 194 Å². The molecule has 1 aliphatic carbocycles. The van der Waals surface area contributed by atoms with Gasteiger partial charge >= 0.3 is 5.97 Å². The molecule has 166 valence electrons. The monoisotopic (exact) mass is 498 g/mol. The van der Waals surface area contributed by atoms with Gasteiger partial charge in [-0.15, -0.1) is 0 Å². The molecular weight excluding hydrogens is 476 g/mol. The summed E-state index contributed by atoms with van der Waals surface area (Å²) in [6.07, 6.45) is 6.72. The largest absolute Gasteiger partial charge is 0.467 e. The van der Waals surface area contributed by atoms with E-state index in [0.717, 1.165) is 41.3 Å². The number of hydrogen-bond donors (Lipinski definition) is 0. The Hall–Kier alpha value is -2.64. The second-order valence-electron chi connectivity index (χ2n) is 8.36. The lowest BCUT2D eigenvalue weighted by Gasteiger charge is -2.20. The first-order valence-corrected chi connectivity index (χ1v) is 11.6.